The van der Waals surface area contributed by atoms with Gasteiger partial charge in [0.2, 0.25) is 15.9 Å². The molecule has 0 atom stereocenters. The number of hydrogen-bond donors (Lipinski definition) is 0. The maximum Gasteiger partial charge on any atom is 0.248 e. The van der Waals surface area contributed by atoms with Crippen molar-refractivity contribution in [3.05, 3.63) is 41.8 Å². The molecule has 0 unspecified atom stereocenters. The maximum atomic E-state index is 12.9. The first kappa shape index (κ1) is 20.5. The molecule has 1 aliphatic heterocycles. The van der Waals surface area contributed by atoms with Gasteiger partial charge >= 0.3 is 0 Å². The van der Waals surface area contributed by atoms with E-state index in [0.717, 1.165) is 5.69 Å². The Balaban J connectivity index is 1.62. The van der Waals surface area contributed by atoms with Crippen LogP contribution in [0, 0.1) is 13.8 Å². The summed E-state index contributed by atoms with van der Waals surface area (Å²) in [6.45, 7) is 7.69. The summed E-state index contributed by atoms with van der Waals surface area (Å²) in [5.74, 6) is 0.312. The van der Waals surface area contributed by atoms with Crippen LogP contribution in [-0.4, -0.2) is 68.0 Å². The van der Waals surface area contributed by atoms with Gasteiger partial charge in [-0.15, -0.1) is 0 Å². The fourth-order valence-electron chi connectivity index (χ4n) is 3.49. The third kappa shape index (κ3) is 4.11. The van der Waals surface area contributed by atoms with Crippen LogP contribution in [0.1, 0.15) is 18.4 Å². The Hall–Kier alpha value is -2.23. The highest BCUT2D eigenvalue weighted by molar-refractivity contribution is 7.89. The van der Waals surface area contributed by atoms with Gasteiger partial charge in [-0.2, -0.15) is 4.31 Å². The topological polar surface area (TPSA) is 87.0 Å². The zero-order valence-corrected chi connectivity index (χ0v) is 17.3. The number of benzene rings is 1. The number of piperazine rings is 1. The van der Waals surface area contributed by atoms with Crippen LogP contribution in [0.5, 0.6) is 0 Å². The second-order valence-corrected chi connectivity index (χ2v) is 8.68. The van der Waals surface area contributed by atoms with E-state index in [0.29, 0.717) is 44.2 Å². The van der Waals surface area contributed by atoms with Crippen molar-refractivity contribution in [1.29, 1.82) is 0 Å². The zero-order chi connectivity index (χ0) is 20.3. The smallest absolute Gasteiger partial charge is 0.248 e. The molecule has 1 aromatic heterocycles. The minimum Gasteiger partial charge on any atom is -0.360 e. The van der Waals surface area contributed by atoms with Crippen molar-refractivity contribution in [2.75, 3.05) is 44.2 Å². The number of hydrogen-bond acceptors (Lipinski definition) is 6. The van der Waals surface area contributed by atoms with E-state index >= 15 is 0 Å². The van der Waals surface area contributed by atoms with Crippen LogP contribution >= 0.6 is 0 Å². The SMILES string of the molecule is CCN(C(=O)CN1CCN(S(=O)(=O)c2c(C)noc2C)CC1)c1ccccc1. The average molecular weight is 407 g/mol. The molecule has 0 aliphatic carbocycles. The van der Waals surface area contributed by atoms with Crippen molar-refractivity contribution < 1.29 is 17.7 Å². The van der Waals surface area contributed by atoms with Crippen molar-refractivity contribution in [1.82, 2.24) is 14.4 Å². The zero-order valence-electron chi connectivity index (χ0n) is 16.5. The molecule has 2 heterocycles. The minimum atomic E-state index is -3.64. The molecule has 28 heavy (non-hydrogen) atoms. The monoisotopic (exact) mass is 406 g/mol. The Morgan fingerprint density at radius 2 is 1.79 bits per heavy atom. The van der Waals surface area contributed by atoms with E-state index in [1.54, 1.807) is 18.7 Å². The lowest BCUT2D eigenvalue weighted by atomic mass is 10.2. The molecular formula is C19H26N4O4S. The number of likely N-dealkylation sites (N-methyl/N-ethyl adjacent to an activating group) is 1. The van der Waals surface area contributed by atoms with Crippen LogP contribution < -0.4 is 4.90 Å². The number of sulfonamides is 1. The number of carbonyl (C=O) groups is 1. The molecule has 0 radical (unpaired) electrons. The van der Waals surface area contributed by atoms with Gasteiger partial charge in [0.15, 0.2) is 5.76 Å². The lowest BCUT2D eigenvalue weighted by Gasteiger charge is -2.34. The van der Waals surface area contributed by atoms with Crippen molar-refractivity contribution in [3.63, 3.8) is 0 Å². The first-order valence-electron chi connectivity index (χ1n) is 9.35. The molecule has 3 rings (SSSR count). The van der Waals surface area contributed by atoms with Crippen LogP contribution in [-0.2, 0) is 14.8 Å². The summed E-state index contributed by atoms with van der Waals surface area (Å²) in [5, 5.41) is 3.75. The Morgan fingerprint density at radius 1 is 1.14 bits per heavy atom. The first-order chi connectivity index (χ1) is 13.3. The van der Waals surface area contributed by atoms with E-state index in [2.05, 4.69) is 5.16 Å². The number of rotatable bonds is 6. The lowest BCUT2D eigenvalue weighted by molar-refractivity contribution is -0.120. The Morgan fingerprint density at radius 3 is 2.32 bits per heavy atom. The number of anilines is 1. The third-order valence-electron chi connectivity index (χ3n) is 4.94. The largest absolute Gasteiger partial charge is 0.360 e. The molecule has 8 nitrogen and oxygen atoms in total. The van der Waals surface area contributed by atoms with Gasteiger partial charge in [-0.25, -0.2) is 8.42 Å². The normalized spacial score (nSPS) is 16.2. The average Bonchev–Trinajstić information content (AvgIpc) is 3.02. The number of nitrogens with zero attached hydrogens (tertiary/aromatic N) is 4. The Kier molecular flexibility index (Phi) is 6.17. The molecule has 0 spiro atoms. The van der Waals surface area contributed by atoms with Crippen LogP contribution in [0.4, 0.5) is 5.69 Å². The molecule has 1 fully saturated rings. The van der Waals surface area contributed by atoms with Crippen molar-refractivity contribution in [2.45, 2.75) is 25.7 Å². The van der Waals surface area contributed by atoms with Gasteiger partial charge in [-0.05, 0) is 32.9 Å². The lowest BCUT2D eigenvalue weighted by Crippen LogP contribution is -2.51. The second-order valence-electron chi connectivity index (χ2n) is 6.81. The maximum absolute atomic E-state index is 12.9. The molecule has 1 amide bonds. The Labute approximate surface area is 165 Å². The molecular weight excluding hydrogens is 380 g/mol. The number of amides is 1. The van der Waals surface area contributed by atoms with E-state index in [4.69, 9.17) is 4.52 Å². The number of aryl methyl sites for hydroxylation is 2. The molecule has 0 N–H and O–H groups in total. The first-order valence-corrected chi connectivity index (χ1v) is 10.8. The highest BCUT2D eigenvalue weighted by Gasteiger charge is 2.33. The van der Waals surface area contributed by atoms with Gasteiger partial charge < -0.3 is 9.42 Å². The summed E-state index contributed by atoms with van der Waals surface area (Å²) in [7, 11) is -3.64. The molecule has 1 saturated heterocycles. The molecule has 9 heteroatoms. The summed E-state index contributed by atoms with van der Waals surface area (Å²) in [6, 6.07) is 9.55. The fourth-order valence-corrected chi connectivity index (χ4v) is 5.20. The van der Waals surface area contributed by atoms with Crippen LogP contribution in [0.3, 0.4) is 0 Å². The number of carbonyl (C=O) groups excluding carboxylic acids is 1. The molecule has 0 saturated carbocycles. The number of aromatic nitrogens is 1. The molecule has 1 aromatic carbocycles. The van der Waals surface area contributed by atoms with Crippen LogP contribution in [0.2, 0.25) is 0 Å². The summed E-state index contributed by atoms with van der Waals surface area (Å²) in [5.41, 5.74) is 1.24. The van der Waals surface area contributed by atoms with E-state index in [-0.39, 0.29) is 17.3 Å². The minimum absolute atomic E-state index is 0.00994. The van der Waals surface area contributed by atoms with Gasteiger partial charge in [0, 0.05) is 38.4 Å². The van der Waals surface area contributed by atoms with Crippen molar-refractivity contribution in [3.8, 4) is 0 Å². The van der Waals surface area contributed by atoms with Crippen LogP contribution in [0.25, 0.3) is 0 Å². The highest BCUT2D eigenvalue weighted by atomic mass is 32.2. The van der Waals surface area contributed by atoms with Gasteiger partial charge in [0.1, 0.15) is 10.6 Å². The van der Waals surface area contributed by atoms with E-state index in [1.165, 1.54) is 4.31 Å². The van der Waals surface area contributed by atoms with E-state index < -0.39 is 10.0 Å². The summed E-state index contributed by atoms with van der Waals surface area (Å²) >= 11 is 0. The molecule has 1 aliphatic rings. The third-order valence-corrected chi connectivity index (χ3v) is 7.08. The number of para-hydroxylation sites is 1. The van der Waals surface area contributed by atoms with Gasteiger partial charge in [0.05, 0.1) is 6.54 Å². The summed E-state index contributed by atoms with van der Waals surface area (Å²) in [4.78, 5) is 16.6. The van der Waals surface area contributed by atoms with Crippen LogP contribution in [0.15, 0.2) is 39.8 Å². The predicted molar refractivity (Wildman–Crippen MR) is 106 cm³/mol. The fraction of sp³-hybridized carbons (Fsp3) is 0.474. The highest BCUT2D eigenvalue weighted by Crippen LogP contribution is 2.24. The quantitative estimate of drug-likeness (QED) is 0.725. The summed E-state index contributed by atoms with van der Waals surface area (Å²) in [6.07, 6.45) is 0. The van der Waals surface area contributed by atoms with E-state index in [9.17, 15) is 13.2 Å². The van der Waals surface area contributed by atoms with Crippen molar-refractivity contribution >= 4 is 21.6 Å². The molecule has 2 aromatic rings. The standard InChI is InChI=1S/C19H26N4O4S/c1-4-23(17-8-6-5-7-9-17)18(24)14-21-10-12-22(13-11-21)28(25,26)19-15(2)20-27-16(19)3/h5-9H,4,10-14H2,1-3H3. The molecule has 152 valence electrons. The Bertz CT molecular complexity index is 899. The van der Waals surface area contributed by atoms with Gasteiger partial charge in [-0.1, -0.05) is 23.4 Å². The van der Waals surface area contributed by atoms with E-state index in [1.807, 2.05) is 42.2 Å². The van der Waals surface area contributed by atoms with Gasteiger partial charge in [0.25, 0.3) is 0 Å². The molecule has 0 bridgehead atoms. The summed E-state index contributed by atoms with van der Waals surface area (Å²) < 4.78 is 32.2. The predicted octanol–water partition coefficient (Wildman–Crippen LogP) is 1.65. The second kappa shape index (κ2) is 8.42. The van der Waals surface area contributed by atoms with Crippen molar-refractivity contribution in [2.24, 2.45) is 0 Å². The van der Waals surface area contributed by atoms with Gasteiger partial charge in [-0.3, -0.25) is 9.69 Å².